The molecular weight excluding hydrogens is 212 g/mol. The number of esters is 1. The van der Waals surface area contributed by atoms with E-state index in [1.54, 1.807) is 0 Å². The Balaban J connectivity index is 1.97. The number of benzene rings is 1. The summed E-state index contributed by atoms with van der Waals surface area (Å²) >= 11 is 0. The summed E-state index contributed by atoms with van der Waals surface area (Å²) in [7, 11) is 0. The number of hydrogen-bond donors (Lipinski definition) is 0. The summed E-state index contributed by atoms with van der Waals surface area (Å²) in [5.41, 5.74) is 0.606. The topological polar surface area (TPSA) is 26.3 Å². The van der Waals surface area contributed by atoms with E-state index in [2.05, 4.69) is 19.1 Å². The summed E-state index contributed by atoms with van der Waals surface area (Å²) in [6.07, 6.45) is 4.31. The smallest absolute Gasteiger partial charge is 0.321 e. The van der Waals surface area contributed by atoms with Gasteiger partial charge in [0.15, 0.2) is 0 Å². The van der Waals surface area contributed by atoms with E-state index in [9.17, 15) is 4.79 Å². The lowest BCUT2D eigenvalue weighted by Gasteiger charge is -2.27. The van der Waals surface area contributed by atoms with E-state index in [1.807, 2.05) is 30.3 Å². The summed E-state index contributed by atoms with van der Waals surface area (Å²) in [6.45, 7) is 2.81. The molecule has 2 heteroatoms. The predicted octanol–water partition coefficient (Wildman–Crippen LogP) is 2.30. The number of cyclic esters (lactones) is 1. The molecule has 0 N–H and O–H groups in total. The van der Waals surface area contributed by atoms with Crippen molar-refractivity contribution >= 4 is 5.97 Å². The molecule has 1 heterocycles. The van der Waals surface area contributed by atoms with Gasteiger partial charge in [-0.25, -0.2) is 0 Å². The molecule has 2 fully saturated rings. The third-order valence-corrected chi connectivity index (χ3v) is 5.12. The van der Waals surface area contributed by atoms with Crippen molar-refractivity contribution in [2.45, 2.75) is 12.3 Å². The molecule has 1 spiro atoms. The summed E-state index contributed by atoms with van der Waals surface area (Å²) in [4.78, 5) is 12.3. The maximum atomic E-state index is 12.3. The summed E-state index contributed by atoms with van der Waals surface area (Å²) in [5.74, 6) is 1.01. The molecule has 3 aliphatic rings. The maximum Gasteiger partial charge on any atom is 0.321 e. The van der Waals surface area contributed by atoms with Crippen LogP contribution in [0.1, 0.15) is 12.5 Å². The zero-order chi connectivity index (χ0) is 11.7. The molecule has 4 atom stereocenters. The van der Waals surface area contributed by atoms with Crippen LogP contribution in [0.2, 0.25) is 0 Å². The summed E-state index contributed by atoms with van der Waals surface area (Å²) < 4.78 is 5.40. The van der Waals surface area contributed by atoms with Gasteiger partial charge < -0.3 is 4.74 Å². The molecule has 4 rings (SSSR count). The van der Waals surface area contributed by atoms with Gasteiger partial charge in [0.1, 0.15) is 5.41 Å². The van der Waals surface area contributed by atoms with Crippen molar-refractivity contribution in [1.82, 2.24) is 0 Å². The fourth-order valence-corrected chi connectivity index (χ4v) is 4.11. The Morgan fingerprint density at radius 1 is 1.29 bits per heavy atom. The second-order valence-electron chi connectivity index (χ2n) is 5.46. The number of allylic oxidation sites excluding steroid dienone is 1. The number of carbonyl (C=O) groups excluding carboxylic acids is 1. The first kappa shape index (κ1) is 9.46. The van der Waals surface area contributed by atoms with Crippen molar-refractivity contribution in [1.29, 1.82) is 0 Å². The molecule has 1 aromatic carbocycles. The fraction of sp³-hybridized carbons (Fsp3) is 0.400. The van der Waals surface area contributed by atoms with Gasteiger partial charge in [-0.2, -0.15) is 0 Å². The van der Waals surface area contributed by atoms with Gasteiger partial charge in [-0.15, -0.1) is 0 Å². The number of ether oxygens (including phenoxy) is 1. The van der Waals surface area contributed by atoms with Gasteiger partial charge in [0.2, 0.25) is 0 Å². The lowest BCUT2D eigenvalue weighted by Crippen LogP contribution is -2.37. The van der Waals surface area contributed by atoms with Gasteiger partial charge in [0.25, 0.3) is 0 Å². The highest BCUT2D eigenvalue weighted by molar-refractivity contribution is 5.92. The van der Waals surface area contributed by atoms with Crippen molar-refractivity contribution in [3.8, 4) is 0 Å². The zero-order valence-corrected chi connectivity index (χ0v) is 9.72. The monoisotopic (exact) mass is 226 g/mol. The lowest BCUT2D eigenvalue weighted by atomic mass is 9.70. The minimum atomic E-state index is -0.502. The Hall–Kier alpha value is -1.57. The first-order valence-corrected chi connectivity index (χ1v) is 6.15. The molecule has 17 heavy (non-hydrogen) atoms. The van der Waals surface area contributed by atoms with Crippen LogP contribution in [0, 0.1) is 17.3 Å². The van der Waals surface area contributed by atoms with E-state index in [-0.39, 0.29) is 11.4 Å². The average molecular weight is 226 g/mol. The van der Waals surface area contributed by atoms with E-state index in [0.29, 0.717) is 18.4 Å². The fourth-order valence-electron chi connectivity index (χ4n) is 4.11. The molecule has 0 amide bonds. The second-order valence-corrected chi connectivity index (χ2v) is 5.46. The number of carbonyl (C=O) groups is 1. The molecule has 0 bridgehead atoms. The van der Waals surface area contributed by atoms with Gasteiger partial charge >= 0.3 is 5.97 Å². The minimum Gasteiger partial charge on any atom is -0.464 e. The van der Waals surface area contributed by atoms with Crippen LogP contribution in [0.3, 0.4) is 0 Å². The minimum absolute atomic E-state index is 0.0193. The third kappa shape index (κ3) is 0.781. The van der Waals surface area contributed by atoms with Gasteiger partial charge in [-0.1, -0.05) is 49.4 Å². The molecule has 0 radical (unpaired) electrons. The lowest BCUT2D eigenvalue weighted by molar-refractivity contribution is -0.141. The van der Waals surface area contributed by atoms with E-state index >= 15 is 0 Å². The highest BCUT2D eigenvalue weighted by Gasteiger charge is 2.80. The SMILES string of the molecule is C[C@H]1[C@H]2C=C[C@]3(c4ccccc4)C(=O)OC[C@@]213. The van der Waals surface area contributed by atoms with Crippen LogP contribution in [0.4, 0.5) is 0 Å². The van der Waals surface area contributed by atoms with E-state index < -0.39 is 5.41 Å². The van der Waals surface area contributed by atoms with Crippen LogP contribution in [0.5, 0.6) is 0 Å². The van der Waals surface area contributed by atoms with Crippen molar-refractivity contribution in [2.24, 2.45) is 17.3 Å². The Morgan fingerprint density at radius 3 is 2.76 bits per heavy atom. The van der Waals surface area contributed by atoms with Crippen molar-refractivity contribution in [3.63, 3.8) is 0 Å². The Labute approximate surface area is 100 Å². The molecule has 0 unspecified atom stereocenters. The Bertz CT molecular complexity index is 533. The first-order chi connectivity index (χ1) is 8.23. The van der Waals surface area contributed by atoms with Gasteiger partial charge in [-0.05, 0) is 17.4 Å². The molecule has 0 aromatic heterocycles. The molecule has 2 aliphatic carbocycles. The van der Waals surface area contributed by atoms with Crippen LogP contribution in [-0.4, -0.2) is 12.6 Å². The number of rotatable bonds is 1. The Morgan fingerprint density at radius 2 is 2.06 bits per heavy atom. The highest BCUT2D eigenvalue weighted by atomic mass is 16.5. The number of hydrogen-bond acceptors (Lipinski definition) is 2. The molecule has 1 aromatic rings. The van der Waals surface area contributed by atoms with E-state index in [4.69, 9.17) is 4.74 Å². The third-order valence-electron chi connectivity index (χ3n) is 5.12. The predicted molar refractivity (Wildman–Crippen MR) is 63.3 cm³/mol. The van der Waals surface area contributed by atoms with Crippen molar-refractivity contribution < 1.29 is 9.53 Å². The largest absolute Gasteiger partial charge is 0.464 e. The van der Waals surface area contributed by atoms with E-state index in [1.165, 1.54) is 0 Å². The van der Waals surface area contributed by atoms with Gasteiger partial charge in [-0.3, -0.25) is 4.79 Å². The van der Waals surface area contributed by atoms with Crippen LogP contribution in [0.15, 0.2) is 42.5 Å². The zero-order valence-electron chi connectivity index (χ0n) is 9.72. The molecule has 86 valence electrons. The summed E-state index contributed by atoms with van der Waals surface area (Å²) in [6, 6.07) is 10.1. The Kier molecular flexibility index (Phi) is 1.47. The van der Waals surface area contributed by atoms with Gasteiger partial charge in [0.05, 0.1) is 6.61 Å². The molecule has 1 saturated heterocycles. The van der Waals surface area contributed by atoms with Gasteiger partial charge in [0, 0.05) is 5.41 Å². The average Bonchev–Trinajstić information content (AvgIpc) is 2.72. The van der Waals surface area contributed by atoms with E-state index in [0.717, 1.165) is 5.56 Å². The highest BCUT2D eigenvalue weighted by Crippen LogP contribution is 2.75. The van der Waals surface area contributed by atoms with Crippen molar-refractivity contribution in [2.75, 3.05) is 6.61 Å². The first-order valence-electron chi connectivity index (χ1n) is 6.15. The molecule has 1 aliphatic heterocycles. The van der Waals surface area contributed by atoms with Crippen LogP contribution in [-0.2, 0) is 14.9 Å². The standard InChI is InChI=1S/C15H14O2/c1-10-12-7-8-14(11-5-3-2-4-6-11)13(16)17-9-15(10,12)14/h2-8,10,12H,9H2,1H3/t10-,12+,14-,15-/m0/s1. The second kappa shape index (κ2) is 2.63. The molecule has 1 saturated carbocycles. The van der Waals surface area contributed by atoms with Crippen LogP contribution < -0.4 is 0 Å². The quantitative estimate of drug-likeness (QED) is 0.542. The maximum absolute atomic E-state index is 12.3. The molecule has 2 nitrogen and oxygen atoms in total. The molecular formula is C15H14O2. The summed E-state index contributed by atoms with van der Waals surface area (Å²) in [5, 5.41) is 0. The van der Waals surface area contributed by atoms with Crippen LogP contribution in [0.25, 0.3) is 0 Å². The van der Waals surface area contributed by atoms with Crippen LogP contribution >= 0.6 is 0 Å². The van der Waals surface area contributed by atoms with Crippen molar-refractivity contribution in [3.05, 3.63) is 48.0 Å². The normalized spacial score (nSPS) is 45.4.